The van der Waals surface area contributed by atoms with Gasteiger partial charge in [-0.3, -0.25) is 14.2 Å². The summed E-state index contributed by atoms with van der Waals surface area (Å²) in [6.45, 7) is 1.02. The van der Waals surface area contributed by atoms with E-state index in [-0.39, 0.29) is 30.9 Å². The van der Waals surface area contributed by atoms with Crippen LogP contribution in [0.25, 0.3) is 16.7 Å². The molecule has 1 saturated heterocycles. The molecular weight excluding hydrogens is 561 g/mol. The molecule has 0 aliphatic carbocycles. The molecule has 1 N–H and O–H groups in total. The number of halogens is 2. The van der Waals surface area contributed by atoms with Gasteiger partial charge in [-0.15, -0.1) is 0 Å². The first-order valence-corrected chi connectivity index (χ1v) is 13.8. The van der Waals surface area contributed by atoms with E-state index in [1.807, 2.05) is 48.5 Å². The number of ether oxygens (including phenoxy) is 1. The first kappa shape index (κ1) is 27.6. The minimum atomic E-state index is -1.19. The summed E-state index contributed by atoms with van der Waals surface area (Å²) in [5.74, 6) is 0.00369. The highest BCUT2D eigenvalue weighted by Gasteiger charge is 2.35. The fourth-order valence-corrected chi connectivity index (χ4v) is 5.20. The molecule has 0 spiro atoms. The van der Waals surface area contributed by atoms with Crippen LogP contribution in [-0.2, 0) is 13.2 Å². The van der Waals surface area contributed by atoms with Crippen LogP contribution in [0.15, 0.2) is 90.1 Å². The summed E-state index contributed by atoms with van der Waals surface area (Å²) >= 11 is 5.96. The molecule has 9 nitrogen and oxygen atoms in total. The number of nitrogens with zero attached hydrogens (tertiary/aromatic N) is 5. The van der Waals surface area contributed by atoms with Crippen molar-refractivity contribution in [3.05, 3.63) is 118 Å². The molecule has 0 saturated carbocycles. The minimum Gasteiger partial charge on any atom is -0.489 e. The monoisotopic (exact) mass is 587 g/mol. The van der Waals surface area contributed by atoms with E-state index >= 15 is 0 Å². The number of benzene rings is 3. The molecular formula is C31H27ClFN5O4. The van der Waals surface area contributed by atoms with E-state index in [4.69, 9.17) is 16.3 Å². The van der Waals surface area contributed by atoms with E-state index in [1.165, 1.54) is 41.4 Å². The molecule has 5 aromatic rings. The van der Waals surface area contributed by atoms with Gasteiger partial charge in [0.2, 0.25) is 0 Å². The summed E-state index contributed by atoms with van der Waals surface area (Å²) in [5, 5.41) is 16.7. The summed E-state index contributed by atoms with van der Waals surface area (Å²) in [4.78, 5) is 32.3. The highest BCUT2D eigenvalue weighted by molar-refractivity contribution is 6.30. The van der Waals surface area contributed by atoms with E-state index in [2.05, 4.69) is 10.1 Å². The largest absolute Gasteiger partial charge is 0.489 e. The molecule has 0 radical (unpaired) electrons. The van der Waals surface area contributed by atoms with E-state index in [1.54, 1.807) is 9.58 Å². The van der Waals surface area contributed by atoms with E-state index < -0.39 is 11.4 Å². The van der Waals surface area contributed by atoms with Crippen molar-refractivity contribution in [3.63, 3.8) is 0 Å². The summed E-state index contributed by atoms with van der Waals surface area (Å²) in [6.07, 6.45) is 3.45. The van der Waals surface area contributed by atoms with Crippen molar-refractivity contribution in [2.45, 2.75) is 31.6 Å². The lowest BCUT2D eigenvalue weighted by Gasteiger charge is -2.38. The number of aromatic nitrogens is 4. The van der Waals surface area contributed by atoms with Gasteiger partial charge in [0, 0.05) is 29.7 Å². The van der Waals surface area contributed by atoms with Crippen LogP contribution in [0.3, 0.4) is 0 Å². The van der Waals surface area contributed by atoms with Crippen LogP contribution in [0.1, 0.15) is 28.8 Å². The molecule has 3 aromatic carbocycles. The van der Waals surface area contributed by atoms with Gasteiger partial charge in [0.25, 0.3) is 11.5 Å². The zero-order chi connectivity index (χ0) is 29.3. The molecule has 2 aromatic heterocycles. The standard InChI is InChI=1S/C31H27ClFN5O4/c32-23-8-4-21(5-9-23)18-42-26-3-1-2-25(16-26)38-28-27(17-35-38)30(40)37(20-34-28)19-31(41)12-14-36(15-13-31)29(39)22-6-10-24(33)11-7-22/h1-11,16-17,20,41H,12-15,18-19H2. The topological polar surface area (TPSA) is 102 Å². The predicted molar refractivity (Wildman–Crippen MR) is 155 cm³/mol. The third-order valence-corrected chi connectivity index (χ3v) is 7.72. The zero-order valence-electron chi connectivity index (χ0n) is 22.5. The van der Waals surface area contributed by atoms with Gasteiger partial charge in [0.05, 0.1) is 24.0 Å². The maximum atomic E-state index is 13.4. The maximum absolute atomic E-state index is 13.4. The van der Waals surface area contributed by atoms with Gasteiger partial charge in [0.1, 0.15) is 29.9 Å². The first-order valence-electron chi connectivity index (χ1n) is 13.5. The van der Waals surface area contributed by atoms with E-state index in [9.17, 15) is 19.1 Å². The first-order chi connectivity index (χ1) is 20.3. The van der Waals surface area contributed by atoms with Crippen LogP contribution in [0.5, 0.6) is 5.75 Å². The highest BCUT2D eigenvalue weighted by Crippen LogP contribution is 2.26. The van der Waals surface area contributed by atoms with Crippen LogP contribution >= 0.6 is 11.6 Å². The molecule has 0 atom stereocenters. The second-order valence-electron chi connectivity index (χ2n) is 10.4. The molecule has 0 unspecified atom stereocenters. The number of amides is 1. The summed E-state index contributed by atoms with van der Waals surface area (Å²) in [7, 11) is 0. The average molecular weight is 588 g/mol. The molecule has 214 valence electrons. The Labute approximate surface area is 245 Å². The molecule has 1 fully saturated rings. The average Bonchev–Trinajstić information content (AvgIpc) is 3.44. The normalized spacial score (nSPS) is 14.7. The number of likely N-dealkylation sites (tertiary alicyclic amines) is 1. The number of rotatable bonds is 7. The molecule has 11 heteroatoms. The van der Waals surface area contributed by atoms with Crippen LogP contribution in [0, 0.1) is 5.82 Å². The van der Waals surface area contributed by atoms with Crippen molar-refractivity contribution in [1.82, 2.24) is 24.2 Å². The van der Waals surface area contributed by atoms with Crippen LogP contribution < -0.4 is 10.3 Å². The van der Waals surface area contributed by atoms with Crippen molar-refractivity contribution >= 4 is 28.5 Å². The smallest absolute Gasteiger partial charge is 0.264 e. The van der Waals surface area contributed by atoms with Gasteiger partial charge in [-0.25, -0.2) is 14.1 Å². The fraction of sp³-hybridized carbons (Fsp3) is 0.226. The number of hydrogen-bond donors (Lipinski definition) is 1. The SMILES string of the molecule is O=C(c1ccc(F)cc1)N1CCC(O)(Cn2cnc3c(cnn3-c3cccc(OCc4ccc(Cl)cc4)c3)c2=O)CC1. The molecule has 1 aliphatic heterocycles. The lowest BCUT2D eigenvalue weighted by molar-refractivity contribution is -0.0299. The highest BCUT2D eigenvalue weighted by atomic mass is 35.5. The van der Waals surface area contributed by atoms with Crippen LogP contribution in [0.2, 0.25) is 5.02 Å². The van der Waals surface area contributed by atoms with Crippen LogP contribution in [0.4, 0.5) is 4.39 Å². The number of fused-ring (bicyclic) bond motifs is 1. The summed E-state index contributed by atoms with van der Waals surface area (Å²) in [6, 6.07) is 20.1. The third-order valence-electron chi connectivity index (χ3n) is 7.47. The Hall–Kier alpha value is -4.54. The number of carbonyl (C=O) groups is 1. The summed E-state index contributed by atoms with van der Waals surface area (Å²) in [5.41, 5.74) is 0.925. The molecule has 0 bridgehead atoms. The molecule has 42 heavy (non-hydrogen) atoms. The van der Waals surface area contributed by atoms with Gasteiger partial charge in [0.15, 0.2) is 5.65 Å². The second kappa shape index (κ2) is 11.4. The number of piperidine rings is 1. The van der Waals surface area contributed by atoms with Crippen molar-refractivity contribution in [3.8, 4) is 11.4 Å². The van der Waals surface area contributed by atoms with Crippen molar-refractivity contribution in [1.29, 1.82) is 0 Å². The van der Waals surface area contributed by atoms with Gasteiger partial charge in [-0.05, 0) is 66.9 Å². The Balaban J connectivity index is 1.15. The van der Waals surface area contributed by atoms with Crippen LogP contribution in [-0.4, -0.2) is 53.9 Å². The lowest BCUT2D eigenvalue weighted by atomic mass is 9.91. The number of hydrogen-bond acceptors (Lipinski definition) is 6. The maximum Gasteiger partial charge on any atom is 0.264 e. The summed E-state index contributed by atoms with van der Waals surface area (Å²) < 4.78 is 22.1. The zero-order valence-corrected chi connectivity index (χ0v) is 23.2. The lowest BCUT2D eigenvalue weighted by Crippen LogP contribution is -2.49. The molecule has 1 amide bonds. The minimum absolute atomic E-state index is 0.0343. The van der Waals surface area contributed by atoms with Gasteiger partial charge in [-0.1, -0.05) is 29.8 Å². The van der Waals surface area contributed by atoms with E-state index in [0.29, 0.717) is 52.8 Å². The van der Waals surface area contributed by atoms with Crippen molar-refractivity contribution < 1.29 is 19.0 Å². The Bertz CT molecular complexity index is 1800. The fourth-order valence-electron chi connectivity index (χ4n) is 5.08. The second-order valence-corrected chi connectivity index (χ2v) is 10.8. The Morgan fingerprint density at radius 3 is 2.52 bits per heavy atom. The van der Waals surface area contributed by atoms with Gasteiger partial charge in [-0.2, -0.15) is 5.10 Å². The quantitative estimate of drug-likeness (QED) is 0.298. The van der Waals surface area contributed by atoms with Gasteiger partial charge < -0.3 is 14.7 Å². The molecule has 6 rings (SSSR count). The van der Waals surface area contributed by atoms with E-state index in [0.717, 1.165) is 5.56 Å². The Morgan fingerprint density at radius 1 is 1.05 bits per heavy atom. The van der Waals surface area contributed by atoms with Crippen molar-refractivity contribution in [2.24, 2.45) is 0 Å². The Morgan fingerprint density at radius 2 is 1.79 bits per heavy atom. The third kappa shape index (κ3) is 5.77. The number of carbonyl (C=O) groups excluding carboxylic acids is 1. The van der Waals surface area contributed by atoms with Crippen molar-refractivity contribution in [2.75, 3.05) is 13.1 Å². The predicted octanol–water partition coefficient (Wildman–Crippen LogP) is 4.62. The molecule has 3 heterocycles. The number of aliphatic hydroxyl groups is 1. The Kier molecular flexibility index (Phi) is 7.49. The van der Waals surface area contributed by atoms with Gasteiger partial charge >= 0.3 is 0 Å². The molecule has 1 aliphatic rings.